The zero-order chi connectivity index (χ0) is 97.0. The third kappa shape index (κ3) is 24.8. The Morgan fingerprint density at radius 3 is 0.566 bits per heavy atom. The fourth-order valence-corrected chi connectivity index (χ4v) is 124. The molecule has 2 N–H and O–H groups in total. The van der Waals surface area contributed by atoms with E-state index in [0.29, 0.717) is 55.2 Å². The van der Waals surface area contributed by atoms with Gasteiger partial charge in [0.1, 0.15) is 13.2 Å². The van der Waals surface area contributed by atoms with Gasteiger partial charge in [0.25, 0.3) is 0 Å². The smallest absolute Gasteiger partial charge is 0.465 e. The third-order valence-corrected chi connectivity index (χ3v) is 103. The Bertz CT molecular complexity index is 3500. The Balaban J connectivity index is 0.000000293. The van der Waals surface area contributed by atoms with Crippen LogP contribution in [0.5, 0.6) is 0 Å². The van der Waals surface area contributed by atoms with Crippen LogP contribution in [0.3, 0.4) is 0 Å². The van der Waals surface area contributed by atoms with E-state index in [9.17, 15) is 29.4 Å². The van der Waals surface area contributed by atoms with Gasteiger partial charge in [0.2, 0.25) is 0 Å². The van der Waals surface area contributed by atoms with E-state index in [2.05, 4.69) is 96.9 Å². The molecule has 0 aromatic rings. The third-order valence-electron chi connectivity index (χ3n) is 24.4. The first-order valence-electron chi connectivity index (χ1n) is 48.0. The second kappa shape index (κ2) is 41.7. The molecule has 12 aliphatic heterocycles. The zero-order valence-corrected chi connectivity index (χ0v) is 101. The van der Waals surface area contributed by atoms with Crippen molar-refractivity contribution in [3.05, 3.63) is 0 Å². The highest BCUT2D eigenvalue weighted by atomic mass is 28.6. The minimum absolute atomic E-state index is 0.00495. The molecule has 750 valence electrons. The lowest BCUT2D eigenvalue weighted by molar-refractivity contribution is -0.165. The average Bonchev–Trinajstić information content (AvgIpc) is 0.677. The van der Waals surface area contributed by atoms with Crippen LogP contribution in [0.4, 0.5) is 0 Å². The van der Waals surface area contributed by atoms with Crippen molar-refractivity contribution in [3.63, 3.8) is 0 Å². The molecule has 0 saturated carbocycles. The Hall–Kier alpha value is 0.310. The van der Waals surface area contributed by atoms with Crippen LogP contribution in [-0.2, 0) is 137 Å². The van der Waals surface area contributed by atoms with Gasteiger partial charge in [-0.15, -0.1) is 0 Å². The molecule has 0 aliphatic carbocycles. The molecule has 0 aromatic carbocycles. The summed E-state index contributed by atoms with van der Waals surface area (Å²) in [5.74, 6) is -1.60. The predicted octanol–water partition coefficient (Wildman–Crippen LogP) is 17.6. The highest BCUT2D eigenvalue weighted by Crippen LogP contribution is 2.62. The average molecular weight is 2110 g/mol. The van der Waals surface area contributed by atoms with Gasteiger partial charge in [-0.25, -0.2) is 0 Å². The largest absolute Gasteiger partial charge is 0.481 e. The topological polar surface area (TPSA) is 367 Å². The second-order valence-electron chi connectivity index (χ2n) is 44.2. The van der Waals surface area contributed by atoms with E-state index in [1.807, 2.05) is 111 Å². The molecule has 2 unspecified atom stereocenters. The van der Waals surface area contributed by atoms with Crippen LogP contribution < -0.4 is 0 Å². The van der Waals surface area contributed by atoms with E-state index in [0.717, 1.165) is 0 Å². The Labute approximate surface area is 790 Å². The Morgan fingerprint density at radius 1 is 0.240 bits per heavy atom. The molecule has 12 aliphatic rings. The van der Waals surface area contributed by atoms with Crippen molar-refractivity contribution >= 4 is 165 Å². The summed E-state index contributed by atoms with van der Waals surface area (Å²) in [6, 6.07) is 3.11. The number of hydrogen-bond acceptors (Lipinski definition) is 34. The SMILES string of the molecule is CCC(C)(CC(C)(C)C(=O)OCCC[Si]12O[Si]3(C(C)C)O[Si]4(C(C)C)O[Si](C(C)C)(O1)O[Si]1(C(C)C)O[Si](C(C)C)(O2)O[Si](C(C)C)(O3)O[Si](C(C)C)(O4)O1)C(=O)OCCO.CCC(C)(CC(C)(C)C(=O)OCCC[Si]12O[Si]3(CC(C)C)O[Si]4(CC(C)C)O[Si](CC(C)C)(O1)O[Si]1(CC(C)C)O[Si](CC(C)C)(O2)O[Si](CC(C)C)(O3)O[Si](CC(C)C)(O4)O1)C(=O)OCCO. The number of hydrogen-bond donors (Lipinski definition) is 2. The summed E-state index contributed by atoms with van der Waals surface area (Å²) in [6.07, 6.45) is 1.75. The maximum atomic E-state index is 14.0. The highest BCUT2D eigenvalue weighted by Gasteiger charge is 2.88. The van der Waals surface area contributed by atoms with Crippen molar-refractivity contribution in [1.29, 1.82) is 0 Å². The van der Waals surface area contributed by atoms with E-state index >= 15 is 0 Å². The van der Waals surface area contributed by atoms with E-state index in [1.54, 1.807) is 41.5 Å². The van der Waals surface area contributed by atoms with Crippen LogP contribution in [0, 0.1) is 63.1 Å². The van der Waals surface area contributed by atoms with Gasteiger partial charge in [-0.2, -0.15) is 0 Å². The molecule has 0 amide bonds. The summed E-state index contributed by atoms with van der Waals surface area (Å²) in [5, 5.41) is 18.5. The molecule has 12 heterocycles. The van der Waals surface area contributed by atoms with Crippen molar-refractivity contribution in [1.82, 2.24) is 0 Å². The van der Waals surface area contributed by atoms with Gasteiger partial charge in [0, 0.05) is 93.2 Å². The molecule has 2 atom stereocenters. The van der Waals surface area contributed by atoms with Gasteiger partial charge in [-0.1, -0.05) is 208 Å². The predicted molar refractivity (Wildman–Crippen MR) is 512 cm³/mol. The lowest BCUT2D eigenvalue weighted by Gasteiger charge is -2.66. The van der Waals surface area contributed by atoms with Crippen LogP contribution >= 0.6 is 0 Å². The van der Waals surface area contributed by atoms with Gasteiger partial charge >= 0.3 is 165 Å². The van der Waals surface area contributed by atoms with Crippen LogP contribution in [-0.4, -0.2) is 215 Å². The zero-order valence-electron chi connectivity index (χ0n) is 84.9. The summed E-state index contributed by atoms with van der Waals surface area (Å²) in [5.41, 5.74) is -6.45. The van der Waals surface area contributed by atoms with Crippen molar-refractivity contribution in [2.24, 2.45) is 63.1 Å². The number of esters is 4. The fraction of sp³-hybridized carbons (Fsp3) is 0.949. The van der Waals surface area contributed by atoms with Gasteiger partial charge in [0.05, 0.1) is 48.1 Å². The molecule has 16 bridgehead atoms. The van der Waals surface area contributed by atoms with Gasteiger partial charge in [0.15, 0.2) is 0 Å². The van der Waals surface area contributed by atoms with Gasteiger partial charge in [-0.3, -0.25) is 19.2 Å². The molecular formula is C79H166O34Si16. The van der Waals surface area contributed by atoms with Crippen molar-refractivity contribution in [2.45, 2.75) is 381 Å². The number of aliphatic hydroxyl groups is 2. The highest BCUT2D eigenvalue weighted by molar-refractivity contribution is 7.06. The molecule has 0 aromatic heterocycles. The van der Waals surface area contributed by atoms with E-state index in [4.69, 9.17) is 118 Å². The minimum Gasteiger partial charge on any atom is -0.465 e. The number of carbonyl (C=O) groups is 4. The fourth-order valence-electron chi connectivity index (χ4n) is 18.1. The first-order chi connectivity index (χ1) is 59.2. The van der Waals surface area contributed by atoms with Crippen LogP contribution in [0.25, 0.3) is 0 Å². The first kappa shape index (κ1) is 113. The summed E-state index contributed by atoms with van der Waals surface area (Å²) < 4.78 is 208. The number of carbonyl (C=O) groups excluding carboxylic acids is 4. The quantitative estimate of drug-likeness (QED) is 0.0248. The summed E-state index contributed by atoms with van der Waals surface area (Å²) in [6.45, 7) is 71.4. The van der Waals surface area contributed by atoms with Crippen LogP contribution in [0.15, 0.2) is 0 Å². The number of ether oxygens (including phenoxy) is 4. The van der Waals surface area contributed by atoms with Crippen LogP contribution in [0.1, 0.15) is 288 Å². The molecule has 50 heteroatoms. The lowest BCUT2D eigenvalue weighted by Crippen LogP contribution is -2.90. The maximum Gasteiger partial charge on any atom is 0.481 e. The number of rotatable bonds is 43. The molecular weight excluding hydrogens is 1940 g/mol. The summed E-state index contributed by atoms with van der Waals surface area (Å²) in [4.78, 5) is 54.0. The molecule has 12 rings (SSSR count). The first-order valence-corrected chi connectivity index (χ1v) is 78.0. The maximum absolute atomic E-state index is 14.0. The second-order valence-corrected chi connectivity index (χ2v) is 96.5. The van der Waals surface area contributed by atoms with E-state index in [1.165, 1.54) is 0 Å². The lowest BCUT2D eigenvalue weighted by atomic mass is 9.72. The number of aliphatic hydroxyl groups excluding tert-OH is 2. The summed E-state index contributed by atoms with van der Waals surface area (Å²) in [7, 11) is -65.3. The Morgan fingerprint density at radius 2 is 0.403 bits per heavy atom. The summed E-state index contributed by atoms with van der Waals surface area (Å²) >= 11 is 0. The Kier molecular flexibility index (Phi) is 36.5. The van der Waals surface area contributed by atoms with Crippen molar-refractivity contribution < 1.29 is 147 Å². The van der Waals surface area contributed by atoms with E-state index < -0.39 is 186 Å². The molecule has 0 spiro atoms. The molecule has 12 fully saturated rings. The monoisotopic (exact) mass is 2110 g/mol. The minimum atomic E-state index is -4.25. The van der Waals surface area contributed by atoms with Gasteiger partial charge in [-0.05, 0) is 121 Å². The van der Waals surface area contributed by atoms with Gasteiger partial charge < -0.3 is 128 Å². The van der Waals surface area contributed by atoms with E-state index in [-0.39, 0.29) is 158 Å². The van der Waals surface area contributed by atoms with Crippen molar-refractivity contribution in [2.75, 3.05) is 39.6 Å². The normalized spacial score (nSPS) is 37.1. The molecule has 0 radical (unpaired) electrons. The molecule has 12 saturated heterocycles. The van der Waals surface area contributed by atoms with Crippen molar-refractivity contribution in [3.8, 4) is 0 Å². The molecule has 129 heavy (non-hydrogen) atoms. The standard InChI is InChI=1S/C43H90O17Si8.C36H76O17Si8/c1-19-43(18,41(46)48-23-21-44)32-42(16,17)40(45)47-22-20-24-61-49-62(25-33(2)3)52-65(28-36(8)9)54-63(50-61,26-34(4)5)56-67(30-38(12)13)57-64(51-61,27-35(6)7)55-66(53-62,29-37(10)11)59-68(58-65,60-67)31-39(14)15;1-19-36(18,34(39)41-23-21-37)25-35(16,17)33(38)40-22-20-24-54-42-55(26(2)3)45-58(29(8)9)47-56(43-54,27(4)5)49-60(31(12)13)50-57(44-54,28(6)7)48-59(46-55,30(10)11)52-61(51-58,53-60)32(14)15/h33-39,44H,19-32H2,1-18H3;26-32,37H,19-25H2,1-18H3. The van der Waals surface area contributed by atoms with Crippen LogP contribution in [0.2, 0.25) is 93.2 Å². The molecule has 34 nitrogen and oxygen atoms in total.